The third kappa shape index (κ3) is 3.90. The number of benzene rings is 2. The number of ether oxygens (including phenoxy) is 1. The first kappa shape index (κ1) is 22.3. The zero-order valence-electron chi connectivity index (χ0n) is 19.2. The summed E-state index contributed by atoms with van der Waals surface area (Å²) in [5.41, 5.74) is 3.14. The standard InChI is InChI=1S/C27H27FN2O4/c1-27(2)21(14-23(34-27)24-20-8-7-19(28)13-22(20)29-25(24)32)17-3-5-18(6-4-17)26(33)30-11-9-16(15-31)10-12-30/h3-8,13-14,16,31H,9-12,15H2,1-2H3,(H,29,32)/b24-23+. The van der Waals surface area contributed by atoms with Crippen molar-refractivity contribution >= 4 is 28.6 Å². The molecule has 6 nitrogen and oxygen atoms in total. The number of aliphatic hydroxyl groups is 1. The van der Waals surface area contributed by atoms with Gasteiger partial charge in [0, 0.05) is 36.4 Å². The molecule has 0 bridgehead atoms. The van der Waals surface area contributed by atoms with Crippen molar-refractivity contribution in [3.63, 3.8) is 0 Å². The first-order valence-corrected chi connectivity index (χ1v) is 11.5. The average molecular weight is 463 g/mol. The quantitative estimate of drug-likeness (QED) is 0.670. The van der Waals surface area contributed by atoms with Gasteiger partial charge in [-0.25, -0.2) is 4.39 Å². The highest BCUT2D eigenvalue weighted by Crippen LogP contribution is 2.44. The number of carbonyl (C=O) groups is 2. The number of hydrogen-bond donors (Lipinski definition) is 2. The lowest BCUT2D eigenvalue weighted by molar-refractivity contribution is -0.111. The van der Waals surface area contributed by atoms with Gasteiger partial charge in [-0.15, -0.1) is 0 Å². The smallest absolute Gasteiger partial charge is 0.260 e. The molecule has 1 saturated heterocycles. The Kier molecular flexibility index (Phi) is 5.52. The van der Waals surface area contributed by atoms with Crippen LogP contribution in [0.3, 0.4) is 0 Å². The van der Waals surface area contributed by atoms with Crippen molar-refractivity contribution in [1.82, 2.24) is 4.90 Å². The summed E-state index contributed by atoms with van der Waals surface area (Å²) in [7, 11) is 0. The third-order valence-electron chi connectivity index (χ3n) is 6.86. The average Bonchev–Trinajstić information content (AvgIpc) is 3.32. The van der Waals surface area contributed by atoms with E-state index in [-0.39, 0.29) is 24.3 Å². The van der Waals surface area contributed by atoms with E-state index in [9.17, 15) is 19.1 Å². The minimum Gasteiger partial charge on any atom is -0.482 e. The zero-order valence-corrected chi connectivity index (χ0v) is 19.2. The molecule has 2 N–H and O–H groups in total. The Morgan fingerprint density at radius 3 is 2.56 bits per heavy atom. The van der Waals surface area contributed by atoms with Gasteiger partial charge in [0.05, 0.1) is 11.3 Å². The number of aliphatic hydroxyl groups excluding tert-OH is 1. The maximum absolute atomic E-state index is 13.6. The van der Waals surface area contributed by atoms with Crippen LogP contribution in [-0.2, 0) is 9.53 Å². The highest BCUT2D eigenvalue weighted by molar-refractivity contribution is 6.32. The number of carbonyl (C=O) groups excluding carboxylic acids is 2. The molecule has 0 unspecified atom stereocenters. The maximum Gasteiger partial charge on any atom is 0.260 e. The number of hydrogen-bond acceptors (Lipinski definition) is 4. The first-order chi connectivity index (χ1) is 16.3. The van der Waals surface area contributed by atoms with Gasteiger partial charge in [0.1, 0.15) is 17.2 Å². The molecule has 0 aliphatic carbocycles. The predicted octanol–water partition coefficient (Wildman–Crippen LogP) is 4.23. The predicted molar refractivity (Wildman–Crippen MR) is 127 cm³/mol. The lowest BCUT2D eigenvalue weighted by atomic mass is 9.91. The van der Waals surface area contributed by atoms with Crippen LogP contribution in [0.15, 0.2) is 54.3 Å². The fourth-order valence-corrected chi connectivity index (χ4v) is 4.90. The Morgan fingerprint density at radius 1 is 1.18 bits per heavy atom. The van der Waals surface area contributed by atoms with Crippen molar-refractivity contribution in [2.75, 3.05) is 25.0 Å². The van der Waals surface area contributed by atoms with E-state index in [1.807, 2.05) is 49.1 Å². The molecule has 3 heterocycles. The minimum absolute atomic E-state index is 0.00637. The van der Waals surface area contributed by atoms with Crippen LogP contribution in [0.4, 0.5) is 10.1 Å². The van der Waals surface area contributed by atoms with E-state index in [2.05, 4.69) is 5.32 Å². The van der Waals surface area contributed by atoms with Gasteiger partial charge in [0.25, 0.3) is 11.8 Å². The summed E-state index contributed by atoms with van der Waals surface area (Å²) in [6.45, 7) is 5.33. The Morgan fingerprint density at radius 2 is 1.88 bits per heavy atom. The van der Waals surface area contributed by atoms with Crippen molar-refractivity contribution in [2.24, 2.45) is 5.92 Å². The molecule has 1 fully saturated rings. The van der Waals surface area contributed by atoms with Crippen molar-refractivity contribution in [3.8, 4) is 0 Å². The molecule has 3 aliphatic heterocycles. The fraction of sp³-hybridized carbons (Fsp3) is 0.333. The number of likely N-dealkylation sites (tertiary alicyclic amines) is 1. The second-order valence-electron chi connectivity index (χ2n) is 9.55. The van der Waals surface area contributed by atoms with E-state index in [0.29, 0.717) is 41.2 Å². The molecular formula is C27H27FN2O4. The second-order valence-corrected chi connectivity index (χ2v) is 9.55. The van der Waals surface area contributed by atoms with E-state index >= 15 is 0 Å². The molecule has 0 saturated carbocycles. The molecule has 0 aromatic heterocycles. The number of fused-ring (bicyclic) bond motifs is 1. The molecule has 5 rings (SSSR count). The zero-order chi connectivity index (χ0) is 24.0. The summed E-state index contributed by atoms with van der Waals surface area (Å²) in [6, 6.07) is 11.6. The second kappa shape index (κ2) is 8.40. The molecule has 0 radical (unpaired) electrons. The van der Waals surface area contributed by atoms with Crippen LogP contribution in [0.25, 0.3) is 11.1 Å². The summed E-state index contributed by atoms with van der Waals surface area (Å²) >= 11 is 0. The minimum atomic E-state index is -0.691. The normalized spacial score (nSPS) is 21.7. The molecular weight excluding hydrogens is 435 g/mol. The van der Waals surface area contributed by atoms with Crippen molar-refractivity contribution in [2.45, 2.75) is 32.3 Å². The number of nitrogens with zero attached hydrogens (tertiary/aromatic N) is 1. The van der Waals surface area contributed by atoms with Gasteiger partial charge < -0.3 is 20.1 Å². The Hall–Kier alpha value is -3.45. The molecule has 2 aromatic rings. The Balaban J connectivity index is 1.42. The number of nitrogens with one attached hydrogen (secondary N) is 1. The van der Waals surface area contributed by atoms with Crippen LogP contribution in [0.5, 0.6) is 0 Å². The summed E-state index contributed by atoms with van der Waals surface area (Å²) in [4.78, 5) is 27.4. The first-order valence-electron chi connectivity index (χ1n) is 11.5. The Bertz CT molecular complexity index is 1220. The van der Waals surface area contributed by atoms with Gasteiger partial charge in [-0.2, -0.15) is 0 Å². The van der Waals surface area contributed by atoms with Gasteiger partial charge in [0.2, 0.25) is 0 Å². The number of allylic oxidation sites excluding steroid dienone is 1. The molecule has 34 heavy (non-hydrogen) atoms. The van der Waals surface area contributed by atoms with Crippen LogP contribution in [0, 0.1) is 11.7 Å². The molecule has 2 aromatic carbocycles. The van der Waals surface area contributed by atoms with Crippen LogP contribution in [0.1, 0.15) is 48.2 Å². The monoisotopic (exact) mass is 462 g/mol. The van der Waals surface area contributed by atoms with E-state index in [4.69, 9.17) is 4.74 Å². The van der Waals surface area contributed by atoms with Gasteiger partial charge in [-0.1, -0.05) is 12.1 Å². The van der Waals surface area contributed by atoms with Crippen LogP contribution in [0.2, 0.25) is 0 Å². The largest absolute Gasteiger partial charge is 0.482 e. The van der Waals surface area contributed by atoms with E-state index < -0.39 is 11.4 Å². The van der Waals surface area contributed by atoms with Crippen LogP contribution < -0.4 is 5.32 Å². The van der Waals surface area contributed by atoms with Crippen molar-refractivity contribution in [3.05, 3.63) is 76.8 Å². The molecule has 0 spiro atoms. The van der Waals surface area contributed by atoms with Crippen molar-refractivity contribution in [1.29, 1.82) is 0 Å². The number of anilines is 1. The summed E-state index contributed by atoms with van der Waals surface area (Å²) < 4.78 is 19.8. The lowest BCUT2D eigenvalue weighted by Crippen LogP contribution is -2.39. The van der Waals surface area contributed by atoms with E-state index in [1.54, 1.807) is 6.07 Å². The molecule has 176 valence electrons. The highest BCUT2D eigenvalue weighted by Gasteiger charge is 2.38. The number of piperidine rings is 1. The third-order valence-corrected chi connectivity index (χ3v) is 6.86. The topological polar surface area (TPSA) is 78.9 Å². The maximum atomic E-state index is 13.6. The highest BCUT2D eigenvalue weighted by atomic mass is 19.1. The van der Waals surface area contributed by atoms with E-state index in [0.717, 1.165) is 24.0 Å². The van der Waals surface area contributed by atoms with Gasteiger partial charge in [-0.05, 0) is 74.6 Å². The fourth-order valence-electron chi connectivity index (χ4n) is 4.90. The number of halogens is 1. The van der Waals surface area contributed by atoms with Gasteiger partial charge >= 0.3 is 0 Å². The summed E-state index contributed by atoms with van der Waals surface area (Å²) in [6.07, 6.45) is 3.49. The molecule has 7 heteroatoms. The lowest BCUT2D eigenvalue weighted by Gasteiger charge is -2.31. The van der Waals surface area contributed by atoms with Crippen molar-refractivity contribution < 1.29 is 23.8 Å². The SMILES string of the molecule is CC1(C)O/C(=C2/C(=O)Nc3cc(F)ccc32)C=C1c1ccc(C(=O)N2CCC(CO)CC2)cc1. The van der Waals surface area contributed by atoms with Crippen LogP contribution in [-0.4, -0.2) is 47.1 Å². The summed E-state index contributed by atoms with van der Waals surface area (Å²) in [5.74, 6) is -0.0291. The number of rotatable bonds is 3. The van der Waals surface area contributed by atoms with Gasteiger partial charge in [0.15, 0.2) is 0 Å². The number of amides is 2. The van der Waals surface area contributed by atoms with Crippen LogP contribution >= 0.6 is 0 Å². The van der Waals surface area contributed by atoms with E-state index in [1.165, 1.54) is 12.1 Å². The van der Waals surface area contributed by atoms with Gasteiger partial charge in [-0.3, -0.25) is 9.59 Å². The molecule has 2 amide bonds. The Labute approximate surface area is 197 Å². The molecule has 0 atom stereocenters. The molecule has 3 aliphatic rings. The summed E-state index contributed by atoms with van der Waals surface area (Å²) in [5, 5.41) is 12.0.